The van der Waals surface area contributed by atoms with E-state index in [1.807, 2.05) is 16.7 Å². The van der Waals surface area contributed by atoms with Gasteiger partial charge < -0.3 is 10.3 Å². The summed E-state index contributed by atoms with van der Waals surface area (Å²) >= 11 is 12.0. The first-order chi connectivity index (χ1) is 8.63. The van der Waals surface area contributed by atoms with Crippen LogP contribution in [0, 0.1) is 0 Å². The average molecular weight is 286 g/mol. The Labute approximate surface area is 115 Å². The Balaban J connectivity index is 2.35. The van der Waals surface area contributed by atoms with Crippen molar-refractivity contribution in [3.05, 3.63) is 29.0 Å². The van der Waals surface area contributed by atoms with Gasteiger partial charge in [0.25, 0.3) is 0 Å². The lowest BCUT2D eigenvalue weighted by Gasteiger charge is -2.06. The number of hydrogen-bond donors (Lipinski definition) is 1. The van der Waals surface area contributed by atoms with Crippen LogP contribution in [-0.4, -0.2) is 15.5 Å². The highest BCUT2D eigenvalue weighted by molar-refractivity contribution is 6.35. The zero-order chi connectivity index (χ0) is 13.1. The van der Waals surface area contributed by atoms with E-state index in [9.17, 15) is 4.79 Å². The number of benzene rings is 1. The van der Waals surface area contributed by atoms with Crippen LogP contribution in [-0.2, 0) is 17.2 Å². The normalized spacial score (nSPS) is 11.0. The molecule has 2 N–H and O–H groups in total. The SMILES string of the molecule is NC(=O)CCCn1c(CCl)nc2c(Cl)cccc21. The lowest BCUT2D eigenvalue weighted by atomic mass is 10.2. The van der Waals surface area contributed by atoms with Gasteiger partial charge in [-0.25, -0.2) is 4.98 Å². The third kappa shape index (κ3) is 2.60. The summed E-state index contributed by atoms with van der Waals surface area (Å²) in [6.45, 7) is 0.655. The number of carbonyl (C=O) groups excluding carboxylic acids is 1. The molecule has 0 atom stereocenters. The molecule has 0 aliphatic heterocycles. The molecular formula is C12H13Cl2N3O. The first-order valence-electron chi connectivity index (χ1n) is 5.61. The largest absolute Gasteiger partial charge is 0.370 e. The zero-order valence-corrected chi connectivity index (χ0v) is 11.2. The maximum absolute atomic E-state index is 10.8. The number of imidazole rings is 1. The fourth-order valence-electron chi connectivity index (χ4n) is 1.92. The van der Waals surface area contributed by atoms with Gasteiger partial charge in [0.05, 0.1) is 16.4 Å². The van der Waals surface area contributed by atoms with Crippen molar-refractivity contribution in [1.82, 2.24) is 9.55 Å². The van der Waals surface area contributed by atoms with Crippen molar-refractivity contribution in [2.45, 2.75) is 25.3 Å². The van der Waals surface area contributed by atoms with Gasteiger partial charge in [-0.3, -0.25) is 4.79 Å². The number of hydrogen-bond acceptors (Lipinski definition) is 2. The molecule has 1 aromatic carbocycles. The van der Waals surface area contributed by atoms with Gasteiger partial charge in [0, 0.05) is 13.0 Å². The van der Waals surface area contributed by atoms with E-state index in [4.69, 9.17) is 28.9 Å². The van der Waals surface area contributed by atoms with Crippen LogP contribution in [0.5, 0.6) is 0 Å². The Hall–Kier alpha value is -1.26. The molecule has 0 saturated carbocycles. The molecule has 0 unspecified atom stereocenters. The first-order valence-corrected chi connectivity index (χ1v) is 6.52. The molecule has 0 aliphatic carbocycles. The molecule has 1 aromatic heterocycles. The number of carbonyl (C=O) groups is 1. The first kappa shape index (κ1) is 13.2. The zero-order valence-electron chi connectivity index (χ0n) is 9.70. The van der Waals surface area contributed by atoms with Gasteiger partial charge in [-0.15, -0.1) is 11.6 Å². The minimum atomic E-state index is -0.301. The van der Waals surface area contributed by atoms with Crippen LogP contribution >= 0.6 is 23.2 Å². The van der Waals surface area contributed by atoms with E-state index in [2.05, 4.69) is 4.98 Å². The van der Waals surface area contributed by atoms with Gasteiger partial charge in [0.15, 0.2) is 0 Å². The molecule has 1 amide bonds. The van der Waals surface area contributed by atoms with E-state index < -0.39 is 0 Å². The molecule has 0 bridgehead atoms. The molecule has 0 fully saturated rings. The minimum Gasteiger partial charge on any atom is -0.370 e. The molecule has 0 radical (unpaired) electrons. The van der Waals surface area contributed by atoms with Gasteiger partial charge in [-0.1, -0.05) is 17.7 Å². The summed E-state index contributed by atoms with van der Waals surface area (Å²) in [5, 5.41) is 0.604. The fourth-order valence-corrected chi connectivity index (χ4v) is 2.34. The monoisotopic (exact) mass is 285 g/mol. The van der Waals surface area contributed by atoms with E-state index in [1.165, 1.54) is 0 Å². The predicted octanol–water partition coefficient (Wildman–Crippen LogP) is 2.69. The lowest BCUT2D eigenvalue weighted by Crippen LogP contribution is -2.12. The van der Waals surface area contributed by atoms with Crippen LogP contribution in [0.25, 0.3) is 11.0 Å². The van der Waals surface area contributed by atoms with Crippen LogP contribution in [0.2, 0.25) is 5.02 Å². The predicted molar refractivity (Wildman–Crippen MR) is 72.7 cm³/mol. The van der Waals surface area contributed by atoms with Gasteiger partial charge >= 0.3 is 0 Å². The van der Waals surface area contributed by atoms with Gasteiger partial charge in [0.1, 0.15) is 11.3 Å². The van der Waals surface area contributed by atoms with Crippen molar-refractivity contribution < 1.29 is 4.79 Å². The quantitative estimate of drug-likeness (QED) is 0.859. The Bertz CT molecular complexity index is 580. The molecule has 0 aliphatic rings. The van der Waals surface area contributed by atoms with Crippen LogP contribution in [0.1, 0.15) is 18.7 Å². The molecule has 1 heterocycles. The maximum atomic E-state index is 10.8. The van der Waals surface area contributed by atoms with Crippen LogP contribution < -0.4 is 5.73 Å². The molecular weight excluding hydrogens is 273 g/mol. The second kappa shape index (κ2) is 5.59. The Morgan fingerprint density at radius 3 is 2.89 bits per heavy atom. The van der Waals surface area contributed by atoms with Crippen molar-refractivity contribution >= 4 is 40.1 Å². The summed E-state index contributed by atoms with van der Waals surface area (Å²) in [5.41, 5.74) is 6.81. The Morgan fingerprint density at radius 2 is 2.22 bits per heavy atom. The highest BCUT2D eigenvalue weighted by Crippen LogP contribution is 2.25. The summed E-state index contributed by atoms with van der Waals surface area (Å²) in [5.74, 6) is 0.760. The summed E-state index contributed by atoms with van der Waals surface area (Å²) in [6.07, 6.45) is 1.01. The average Bonchev–Trinajstić information content (AvgIpc) is 2.69. The third-order valence-corrected chi connectivity index (χ3v) is 3.28. The van der Waals surface area contributed by atoms with Crippen molar-refractivity contribution in [2.75, 3.05) is 0 Å². The molecule has 0 saturated heterocycles. The summed E-state index contributed by atoms with van der Waals surface area (Å²) in [7, 11) is 0. The number of rotatable bonds is 5. The van der Waals surface area contributed by atoms with Gasteiger partial charge in [-0.05, 0) is 18.6 Å². The number of amides is 1. The number of primary amides is 1. The maximum Gasteiger partial charge on any atom is 0.217 e. The highest BCUT2D eigenvalue weighted by Gasteiger charge is 2.11. The number of nitrogens with two attached hydrogens (primary N) is 1. The van der Waals surface area contributed by atoms with Crippen molar-refractivity contribution in [3.8, 4) is 0 Å². The summed E-state index contributed by atoms with van der Waals surface area (Å²) in [4.78, 5) is 15.2. The smallest absolute Gasteiger partial charge is 0.217 e. The van der Waals surface area contributed by atoms with E-state index in [1.54, 1.807) is 6.07 Å². The number of aromatic nitrogens is 2. The highest BCUT2D eigenvalue weighted by atomic mass is 35.5. The molecule has 0 spiro atoms. The van der Waals surface area contributed by atoms with E-state index >= 15 is 0 Å². The number of alkyl halides is 1. The van der Waals surface area contributed by atoms with Gasteiger partial charge in [-0.2, -0.15) is 0 Å². The van der Waals surface area contributed by atoms with Crippen LogP contribution in [0.3, 0.4) is 0 Å². The van der Waals surface area contributed by atoms with Crippen LogP contribution in [0.4, 0.5) is 0 Å². The van der Waals surface area contributed by atoms with Gasteiger partial charge in [0.2, 0.25) is 5.91 Å². The topological polar surface area (TPSA) is 60.9 Å². The Morgan fingerprint density at radius 1 is 1.44 bits per heavy atom. The molecule has 6 heteroatoms. The standard InChI is InChI=1S/C12H13Cl2N3O/c13-7-11-16-12-8(14)3-1-4-9(12)17(11)6-2-5-10(15)18/h1,3-4H,2,5-7H2,(H2,15,18). The van der Waals surface area contributed by atoms with Crippen LogP contribution in [0.15, 0.2) is 18.2 Å². The second-order valence-corrected chi connectivity index (χ2v) is 4.67. The molecule has 96 valence electrons. The second-order valence-electron chi connectivity index (χ2n) is 3.99. The molecule has 4 nitrogen and oxygen atoms in total. The van der Waals surface area contributed by atoms with Crippen molar-refractivity contribution in [2.24, 2.45) is 5.73 Å². The number of nitrogens with zero attached hydrogens (tertiary/aromatic N) is 2. The van der Waals surface area contributed by atoms with E-state index in [0.29, 0.717) is 30.3 Å². The third-order valence-electron chi connectivity index (χ3n) is 2.73. The molecule has 2 rings (SSSR count). The van der Waals surface area contributed by atoms with Crippen molar-refractivity contribution in [3.63, 3.8) is 0 Å². The molecule has 18 heavy (non-hydrogen) atoms. The number of aryl methyl sites for hydroxylation is 1. The van der Waals surface area contributed by atoms with Crippen molar-refractivity contribution in [1.29, 1.82) is 0 Å². The lowest BCUT2D eigenvalue weighted by molar-refractivity contribution is -0.118. The number of halogens is 2. The fraction of sp³-hybridized carbons (Fsp3) is 0.333. The minimum absolute atomic E-state index is 0.301. The Kier molecular flexibility index (Phi) is 4.09. The summed E-state index contributed by atoms with van der Waals surface area (Å²) < 4.78 is 1.98. The van der Waals surface area contributed by atoms with E-state index in [0.717, 1.165) is 16.9 Å². The number of fused-ring (bicyclic) bond motifs is 1. The molecule has 2 aromatic rings. The van der Waals surface area contributed by atoms with E-state index in [-0.39, 0.29) is 5.91 Å². The summed E-state index contributed by atoms with van der Waals surface area (Å²) in [6, 6.07) is 5.60. The number of para-hydroxylation sites is 1.